The van der Waals surface area contributed by atoms with E-state index in [-0.39, 0.29) is 23.7 Å². The van der Waals surface area contributed by atoms with Crippen LogP contribution < -0.4 is 5.32 Å². The molecule has 0 spiro atoms. The second-order valence-corrected chi connectivity index (χ2v) is 7.35. The summed E-state index contributed by atoms with van der Waals surface area (Å²) in [5.74, 6) is -1.11. The summed E-state index contributed by atoms with van der Waals surface area (Å²) >= 11 is 2.40. The Bertz CT molecular complexity index is 966. The highest BCUT2D eigenvalue weighted by Gasteiger charge is 2.26. The van der Waals surface area contributed by atoms with Crippen molar-refractivity contribution in [3.8, 4) is 6.07 Å². The standard InChI is InChI=1S/C19H19N3O4S2/c1-5-7-26-19(24)15-12(4)14(18(23)25-6-2)17(28-15)21-9-13(8-20)16-22-11(3)10-27-16/h5,9-10,21H,1,6-7H2,2-4H3/b13-9+. The number of hydrogen-bond acceptors (Lipinski definition) is 9. The Labute approximate surface area is 170 Å². The van der Waals surface area contributed by atoms with Crippen LogP contribution in [-0.2, 0) is 9.47 Å². The molecule has 0 bridgehead atoms. The second kappa shape index (κ2) is 9.82. The normalized spacial score (nSPS) is 10.9. The Balaban J connectivity index is 2.42. The van der Waals surface area contributed by atoms with Crippen molar-refractivity contribution in [1.29, 1.82) is 5.26 Å². The molecule has 0 radical (unpaired) electrons. The maximum absolute atomic E-state index is 12.4. The largest absolute Gasteiger partial charge is 0.462 e. The molecule has 146 valence electrons. The van der Waals surface area contributed by atoms with E-state index in [2.05, 4.69) is 22.9 Å². The van der Waals surface area contributed by atoms with Crippen LogP contribution in [0.3, 0.4) is 0 Å². The highest BCUT2D eigenvalue weighted by atomic mass is 32.1. The van der Waals surface area contributed by atoms with E-state index in [0.717, 1.165) is 17.0 Å². The third-order valence-corrected chi connectivity index (χ3v) is 5.66. The second-order valence-electron chi connectivity index (χ2n) is 5.48. The summed E-state index contributed by atoms with van der Waals surface area (Å²) in [6, 6.07) is 2.08. The number of aryl methyl sites for hydroxylation is 1. The number of aromatic nitrogens is 1. The summed E-state index contributed by atoms with van der Waals surface area (Å²) in [5.41, 5.74) is 1.82. The van der Waals surface area contributed by atoms with E-state index >= 15 is 0 Å². The highest BCUT2D eigenvalue weighted by Crippen LogP contribution is 2.35. The first-order valence-corrected chi connectivity index (χ1v) is 10.00. The van der Waals surface area contributed by atoms with Gasteiger partial charge < -0.3 is 14.8 Å². The molecule has 9 heteroatoms. The summed E-state index contributed by atoms with van der Waals surface area (Å²) < 4.78 is 10.2. The van der Waals surface area contributed by atoms with E-state index < -0.39 is 11.9 Å². The van der Waals surface area contributed by atoms with E-state index in [0.29, 0.717) is 21.1 Å². The number of ether oxygens (including phenoxy) is 2. The number of hydrogen-bond donors (Lipinski definition) is 1. The van der Waals surface area contributed by atoms with Crippen molar-refractivity contribution < 1.29 is 19.1 Å². The third kappa shape index (κ3) is 4.85. The molecule has 2 heterocycles. The van der Waals surface area contributed by atoms with Crippen molar-refractivity contribution in [2.75, 3.05) is 18.5 Å². The Kier molecular flexibility index (Phi) is 7.49. The molecule has 0 aliphatic carbocycles. The van der Waals surface area contributed by atoms with E-state index in [9.17, 15) is 14.9 Å². The van der Waals surface area contributed by atoms with Crippen LogP contribution in [0.4, 0.5) is 5.00 Å². The lowest BCUT2D eigenvalue weighted by Gasteiger charge is -2.05. The number of nitrogens with one attached hydrogen (secondary N) is 1. The molecule has 0 fully saturated rings. The maximum atomic E-state index is 12.4. The number of esters is 2. The smallest absolute Gasteiger partial charge is 0.348 e. The van der Waals surface area contributed by atoms with Crippen molar-refractivity contribution in [2.45, 2.75) is 20.8 Å². The zero-order valence-corrected chi connectivity index (χ0v) is 17.3. The van der Waals surface area contributed by atoms with Crippen molar-refractivity contribution >= 4 is 45.2 Å². The number of carbonyl (C=O) groups excluding carboxylic acids is 2. The quantitative estimate of drug-likeness (QED) is 0.388. The first-order chi connectivity index (χ1) is 13.4. The zero-order valence-electron chi connectivity index (χ0n) is 15.7. The fourth-order valence-electron chi connectivity index (χ4n) is 2.22. The Morgan fingerprint density at radius 3 is 2.68 bits per heavy atom. The minimum absolute atomic E-state index is 0.0650. The first kappa shape index (κ1) is 21.3. The van der Waals surface area contributed by atoms with Gasteiger partial charge in [0, 0.05) is 17.3 Å². The summed E-state index contributed by atoms with van der Waals surface area (Å²) in [6.45, 7) is 8.96. The van der Waals surface area contributed by atoms with Gasteiger partial charge in [-0.3, -0.25) is 0 Å². The molecular weight excluding hydrogens is 398 g/mol. The molecule has 0 aliphatic heterocycles. The van der Waals surface area contributed by atoms with Gasteiger partial charge in [0.25, 0.3) is 0 Å². The topological polar surface area (TPSA) is 101 Å². The molecule has 0 aromatic carbocycles. The highest BCUT2D eigenvalue weighted by molar-refractivity contribution is 7.18. The average Bonchev–Trinajstić information content (AvgIpc) is 3.24. The minimum Gasteiger partial charge on any atom is -0.462 e. The summed E-state index contributed by atoms with van der Waals surface area (Å²) in [4.78, 5) is 29.2. The van der Waals surface area contributed by atoms with Crippen molar-refractivity contribution in [3.05, 3.63) is 50.9 Å². The molecule has 2 rings (SSSR count). The molecule has 2 aromatic rings. The summed E-state index contributed by atoms with van der Waals surface area (Å²) in [7, 11) is 0. The molecule has 0 atom stereocenters. The Morgan fingerprint density at radius 2 is 2.11 bits per heavy atom. The molecule has 0 amide bonds. The van der Waals surface area contributed by atoms with Crippen LogP contribution in [0.15, 0.2) is 24.2 Å². The van der Waals surface area contributed by atoms with Gasteiger partial charge in [-0.15, -0.1) is 22.7 Å². The summed E-state index contributed by atoms with van der Waals surface area (Å²) in [5, 5.41) is 15.2. The number of nitriles is 1. The van der Waals surface area contributed by atoms with Gasteiger partial charge in [-0.25, -0.2) is 14.6 Å². The van der Waals surface area contributed by atoms with Crippen molar-refractivity contribution in [2.24, 2.45) is 0 Å². The molecular formula is C19H19N3O4S2. The third-order valence-electron chi connectivity index (χ3n) is 3.46. The summed E-state index contributed by atoms with van der Waals surface area (Å²) in [6.07, 6.45) is 2.93. The Hall–Kier alpha value is -2.96. The molecule has 1 N–H and O–H groups in total. The maximum Gasteiger partial charge on any atom is 0.348 e. The van der Waals surface area contributed by atoms with Crippen LogP contribution in [0.2, 0.25) is 0 Å². The molecule has 7 nitrogen and oxygen atoms in total. The zero-order chi connectivity index (χ0) is 20.7. The number of thiazole rings is 1. The number of allylic oxidation sites excluding steroid dienone is 1. The monoisotopic (exact) mass is 417 g/mol. The SMILES string of the molecule is C=CCOC(=O)c1sc(N/C=C(\C#N)c2nc(C)cs2)c(C(=O)OCC)c1C. The molecule has 0 unspecified atom stereocenters. The van der Waals surface area contributed by atoms with Gasteiger partial charge >= 0.3 is 11.9 Å². The molecule has 0 saturated carbocycles. The number of carbonyl (C=O) groups is 2. The van der Waals surface area contributed by atoms with E-state index in [1.807, 2.05) is 12.3 Å². The van der Waals surface area contributed by atoms with Crippen LogP contribution in [0.25, 0.3) is 5.57 Å². The predicted octanol–water partition coefficient (Wildman–Crippen LogP) is 4.32. The lowest BCUT2D eigenvalue weighted by Crippen LogP contribution is -2.09. The van der Waals surface area contributed by atoms with Gasteiger partial charge in [0.2, 0.25) is 0 Å². The Morgan fingerprint density at radius 1 is 1.36 bits per heavy atom. The van der Waals surface area contributed by atoms with Gasteiger partial charge in [0.15, 0.2) is 0 Å². The van der Waals surface area contributed by atoms with Crippen molar-refractivity contribution in [3.63, 3.8) is 0 Å². The van der Waals surface area contributed by atoms with E-state index in [4.69, 9.17) is 9.47 Å². The molecule has 0 aliphatic rings. The first-order valence-electron chi connectivity index (χ1n) is 8.30. The molecule has 2 aromatic heterocycles. The number of anilines is 1. The van der Waals surface area contributed by atoms with E-state index in [1.54, 1.807) is 13.8 Å². The fourth-order valence-corrected chi connectivity index (χ4v) is 4.04. The average molecular weight is 418 g/mol. The van der Waals surface area contributed by atoms with Crippen molar-refractivity contribution in [1.82, 2.24) is 4.98 Å². The van der Waals surface area contributed by atoms with Gasteiger partial charge in [0.05, 0.1) is 12.2 Å². The number of rotatable bonds is 8. The molecule has 0 saturated heterocycles. The lowest BCUT2D eigenvalue weighted by molar-refractivity contribution is 0.0527. The van der Waals surface area contributed by atoms with Gasteiger partial charge in [-0.05, 0) is 26.3 Å². The lowest BCUT2D eigenvalue weighted by atomic mass is 10.1. The predicted molar refractivity (Wildman–Crippen MR) is 110 cm³/mol. The fraction of sp³-hybridized carbons (Fsp3) is 0.263. The number of nitrogens with zero attached hydrogens (tertiary/aromatic N) is 2. The minimum atomic E-state index is -0.557. The van der Waals surface area contributed by atoms with Crippen LogP contribution in [0.5, 0.6) is 0 Å². The van der Waals surface area contributed by atoms with Crippen LogP contribution in [0.1, 0.15) is 43.2 Å². The van der Waals surface area contributed by atoms with Gasteiger partial charge in [0.1, 0.15) is 33.1 Å². The van der Waals surface area contributed by atoms with Gasteiger partial charge in [-0.2, -0.15) is 5.26 Å². The van der Waals surface area contributed by atoms with E-state index in [1.165, 1.54) is 23.6 Å². The van der Waals surface area contributed by atoms with Gasteiger partial charge in [-0.1, -0.05) is 12.7 Å². The van der Waals surface area contributed by atoms with Crippen LogP contribution in [0, 0.1) is 25.2 Å². The van der Waals surface area contributed by atoms with Crippen LogP contribution in [-0.4, -0.2) is 30.1 Å². The van der Waals surface area contributed by atoms with Crippen LogP contribution >= 0.6 is 22.7 Å². The molecule has 28 heavy (non-hydrogen) atoms. The number of thiophene rings is 1.